The molecule has 4 nitrogen and oxygen atoms in total. The highest BCUT2D eigenvalue weighted by Crippen LogP contribution is 2.28. The number of anilines is 2. The first-order chi connectivity index (χ1) is 9.76. The Labute approximate surface area is 121 Å². The van der Waals surface area contributed by atoms with Crippen molar-refractivity contribution >= 4 is 11.4 Å². The minimum atomic E-state index is 0.776. The van der Waals surface area contributed by atoms with Crippen LogP contribution in [0, 0.1) is 0 Å². The van der Waals surface area contributed by atoms with Gasteiger partial charge in [-0.1, -0.05) is 12.8 Å². The molecule has 0 aromatic heterocycles. The fraction of sp³-hybridized carbons (Fsp3) is 0.625. The maximum absolute atomic E-state index is 5.95. The molecule has 1 aromatic rings. The lowest BCUT2D eigenvalue weighted by molar-refractivity contribution is 0.187. The Hall–Kier alpha value is -1.42. The molecule has 2 fully saturated rings. The van der Waals surface area contributed by atoms with E-state index in [2.05, 4.69) is 15.9 Å². The summed E-state index contributed by atoms with van der Waals surface area (Å²) in [6, 6.07) is 6.85. The zero-order valence-electron chi connectivity index (χ0n) is 12.3. The number of hydrogen-bond donors (Lipinski definition) is 1. The van der Waals surface area contributed by atoms with Gasteiger partial charge in [0.05, 0.1) is 7.11 Å². The summed E-state index contributed by atoms with van der Waals surface area (Å²) in [6.07, 6.45) is 5.62. The fourth-order valence-electron chi connectivity index (χ4n) is 3.52. The Bertz CT molecular complexity index is 449. The topological polar surface area (TPSA) is 41.7 Å². The number of methoxy groups -OCH3 is 1. The first-order valence-electron chi connectivity index (χ1n) is 7.70. The number of hydrogen-bond acceptors (Lipinski definition) is 4. The van der Waals surface area contributed by atoms with Gasteiger partial charge >= 0.3 is 0 Å². The van der Waals surface area contributed by atoms with Gasteiger partial charge in [-0.15, -0.1) is 0 Å². The standard InChI is InChI=1S/C16H25N3O/c1-20-16-11-13(17)10-15(12-16)19-8-6-18(7-9-19)14-4-2-3-5-14/h10-12,14H,2-9,17H2,1H3. The second-order valence-corrected chi connectivity index (χ2v) is 5.93. The molecular formula is C16H25N3O. The van der Waals surface area contributed by atoms with Crippen molar-refractivity contribution in [3.05, 3.63) is 18.2 Å². The van der Waals surface area contributed by atoms with E-state index in [1.54, 1.807) is 7.11 Å². The van der Waals surface area contributed by atoms with Gasteiger partial charge in [-0.2, -0.15) is 0 Å². The summed E-state index contributed by atoms with van der Waals surface area (Å²) in [7, 11) is 1.69. The molecule has 0 amide bonds. The highest BCUT2D eigenvalue weighted by molar-refractivity contribution is 5.60. The average molecular weight is 275 g/mol. The molecule has 0 unspecified atom stereocenters. The largest absolute Gasteiger partial charge is 0.497 e. The fourth-order valence-corrected chi connectivity index (χ4v) is 3.52. The summed E-state index contributed by atoms with van der Waals surface area (Å²) in [4.78, 5) is 5.09. The number of nitrogens with two attached hydrogens (primary N) is 1. The molecule has 0 spiro atoms. The second kappa shape index (κ2) is 5.92. The van der Waals surface area contributed by atoms with Crippen LogP contribution < -0.4 is 15.4 Å². The van der Waals surface area contributed by atoms with Gasteiger partial charge in [0.1, 0.15) is 5.75 Å². The summed E-state index contributed by atoms with van der Waals surface area (Å²) in [6.45, 7) is 4.51. The Morgan fingerprint density at radius 1 is 1.05 bits per heavy atom. The number of nitrogens with zero attached hydrogens (tertiary/aromatic N) is 2. The zero-order chi connectivity index (χ0) is 13.9. The number of rotatable bonds is 3. The lowest BCUT2D eigenvalue weighted by Crippen LogP contribution is -2.49. The molecule has 2 N–H and O–H groups in total. The minimum absolute atomic E-state index is 0.776. The number of benzene rings is 1. The van der Waals surface area contributed by atoms with Gasteiger partial charge in [-0.25, -0.2) is 0 Å². The van der Waals surface area contributed by atoms with Crippen LogP contribution in [0.25, 0.3) is 0 Å². The van der Waals surface area contributed by atoms with Gasteiger partial charge in [0, 0.05) is 55.7 Å². The van der Waals surface area contributed by atoms with Crippen molar-refractivity contribution in [2.75, 3.05) is 43.9 Å². The van der Waals surface area contributed by atoms with E-state index in [4.69, 9.17) is 10.5 Å². The van der Waals surface area contributed by atoms with E-state index >= 15 is 0 Å². The minimum Gasteiger partial charge on any atom is -0.497 e. The zero-order valence-corrected chi connectivity index (χ0v) is 12.3. The number of nitrogen functional groups attached to an aromatic ring is 1. The molecule has 0 bridgehead atoms. The number of piperazine rings is 1. The molecule has 4 heteroatoms. The predicted octanol–water partition coefficient (Wildman–Crippen LogP) is 2.34. The van der Waals surface area contributed by atoms with E-state index in [-0.39, 0.29) is 0 Å². The van der Waals surface area contributed by atoms with Crippen LogP contribution in [-0.2, 0) is 0 Å². The molecule has 0 radical (unpaired) electrons. The van der Waals surface area contributed by atoms with Crippen molar-refractivity contribution in [2.24, 2.45) is 0 Å². The Morgan fingerprint density at radius 3 is 2.40 bits per heavy atom. The van der Waals surface area contributed by atoms with Crippen LogP contribution in [0.1, 0.15) is 25.7 Å². The van der Waals surface area contributed by atoms with E-state index in [0.29, 0.717) is 0 Å². The predicted molar refractivity (Wildman–Crippen MR) is 83.4 cm³/mol. The molecule has 20 heavy (non-hydrogen) atoms. The van der Waals surface area contributed by atoms with Crippen LogP contribution in [0.15, 0.2) is 18.2 Å². The third-order valence-electron chi connectivity index (χ3n) is 4.67. The smallest absolute Gasteiger partial charge is 0.122 e. The highest BCUT2D eigenvalue weighted by atomic mass is 16.5. The maximum atomic E-state index is 5.95. The Kier molecular flexibility index (Phi) is 4.01. The van der Waals surface area contributed by atoms with Crippen LogP contribution in [0.5, 0.6) is 5.75 Å². The lowest BCUT2D eigenvalue weighted by Gasteiger charge is -2.39. The van der Waals surface area contributed by atoms with E-state index in [0.717, 1.165) is 30.6 Å². The van der Waals surface area contributed by atoms with E-state index in [1.165, 1.54) is 44.5 Å². The molecular weight excluding hydrogens is 250 g/mol. The van der Waals surface area contributed by atoms with Gasteiger partial charge in [0.2, 0.25) is 0 Å². The summed E-state index contributed by atoms with van der Waals surface area (Å²) in [5, 5.41) is 0. The molecule has 0 atom stereocenters. The van der Waals surface area contributed by atoms with Crippen molar-refractivity contribution < 1.29 is 4.74 Å². The van der Waals surface area contributed by atoms with Crippen molar-refractivity contribution in [1.29, 1.82) is 0 Å². The van der Waals surface area contributed by atoms with Crippen molar-refractivity contribution in [3.63, 3.8) is 0 Å². The van der Waals surface area contributed by atoms with Crippen molar-refractivity contribution in [2.45, 2.75) is 31.7 Å². The van der Waals surface area contributed by atoms with Crippen LogP contribution in [0.2, 0.25) is 0 Å². The van der Waals surface area contributed by atoms with E-state index in [1.807, 2.05) is 12.1 Å². The summed E-state index contributed by atoms with van der Waals surface area (Å²) < 4.78 is 5.31. The lowest BCUT2D eigenvalue weighted by atomic mass is 10.1. The van der Waals surface area contributed by atoms with Crippen molar-refractivity contribution in [3.8, 4) is 5.75 Å². The summed E-state index contributed by atoms with van der Waals surface area (Å²) in [5.74, 6) is 0.846. The Morgan fingerprint density at radius 2 is 1.75 bits per heavy atom. The van der Waals surface area contributed by atoms with Crippen LogP contribution in [-0.4, -0.2) is 44.2 Å². The third kappa shape index (κ3) is 2.85. The SMILES string of the molecule is COc1cc(N)cc(N2CCN(C3CCCC3)CC2)c1. The van der Waals surface area contributed by atoms with E-state index < -0.39 is 0 Å². The molecule has 1 saturated carbocycles. The molecule has 110 valence electrons. The molecule has 1 heterocycles. The van der Waals surface area contributed by atoms with E-state index in [9.17, 15) is 0 Å². The van der Waals surface area contributed by atoms with Crippen LogP contribution in [0.4, 0.5) is 11.4 Å². The van der Waals surface area contributed by atoms with Gasteiger partial charge < -0.3 is 15.4 Å². The van der Waals surface area contributed by atoms with Crippen LogP contribution >= 0.6 is 0 Å². The molecule has 1 aromatic carbocycles. The van der Waals surface area contributed by atoms with Gasteiger partial charge in [0.15, 0.2) is 0 Å². The highest BCUT2D eigenvalue weighted by Gasteiger charge is 2.26. The van der Waals surface area contributed by atoms with Gasteiger partial charge in [0.25, 0.3) is 0 Å². The molecule has 1 saturated heterocycles. The third-order valence-corrected chi connectivity index (χ3v) is 4.67. The summed E-state index contributed by atoms with van der Waals surface area (Å²) in [5.41, 5.74) is 7.91. The first-order valence-corrected chi connectivity index (χ1v) is 7.70. The second-order valence-electron chi connectivity index (χ2n) is 5.93. The maximum Gasteiger partial charge on any atom is 0.122 e. The van der Waals surface area contributed by atoms with Gasteiger partial charge in [-0.3, -0.25) is 4.90 Å². The molecule has 2 aliphatic rings. The van der Waals surface area contributed by atoms with Crippen molar-refractivity contribution in [1.82, 2.24) is 4.90 Å². The summed E-state index contributed by atoms with van der Waals surface area (Å²) >= 11 is 0. The quantitative estimate of drug-likeness (QED) is 0.860. The monoisotopic (exact) mass is 275 g/mol. The normalized spacial score (nSPS) is 21.4. The van der Waals surface area contributed by atoms with Crippen LogP contribution in [0.3, 0.4) is 0 Å². The molecule has 1 aliphatic heterocycles. The first kappa shape index (κ1) is 13.6. The Balaban J connectivity index is 1.64. The van der Waals surface area contributed by atoms with Gasteiger partial charge in [-0.05, 0) is 18.9 Å². The number of ether oxygens (including phenoxy) is 1. The molecule has 3 rings (SSSR count). The molecule has 1 aliphatic carbocycles. The average Bonchev–Trinajstić information content (AvgIpc) is 3.01.